The van der Waals surface area contributed by atoms with Crippen LogP contribution in [-0.2, 0) is 16.0 Å². The van der Waals surface area contributed by atoms with E-state index in [0.29, 0.717) is 24.3 Å². The second kappa shape index (κ2) is 5.24. The Morgan fingerprint density at radius 1 is 1.40 bits per heavy atom. The number of nitrogen functional groups attached to an aromatic ring is 1. The molecule has 15 heavy (non-hydrogen) atoms. The zero-order chi connectivity index (χ0) is 11.3. The molecule has 0 bridgehead atoms. The third-order valence-corrected chi connectivity index (χ3v) is 2.16. The zero-order valence-electron chi connectivity index (χ0n) is 8.95. The van der Waals surface area contributed by atoms with Crippen molar-refractivity contribution in [2.75, 3.05) is 20.0 Å². The number of anilines is 1. The molecule has 0 aliphatic carbocycles. The number of carbonyl (C=O) groups excluding carboxylic acids is 1. The lowest BCUT2D eigenvalue weighted by Gasteiger charge is -2.09. The van der Waals surface area contributed by atoms with E-state index in [1.165, 1.54) is 7.11 Å². The smallest absolute Gasteiger partial charge is 0.305 e. The first kappa shape index (κ1) is 11.4. The van der Waals surface area contributed by atoms with Gasteiger partial charge in [-0.05, 0) is 18.1 Å². The van der Waals surface area contributed by atoms with E-state index >= 15 is 0 Å². The molecule has 1 aromatic carbocycles. The number of rotatable bonds is 4. The molecule has 0 saturated carbocycles. The van der Waals surface area contributed by atoms with Crippen molar-refractivity contribution in [3.63, 3.8) is 0 Å². The fraction of sp³-hybridized carbons (Fsp3) is 0.364. The SMILES string of the molecule is COC(=O)CCc1cccc(N)c1OC. The number of hydrogen-bond acceptors (Lipinski definition) is 4. The second-order valence-electron chi connectivity index (χ2n) is 3.12. The standard InChI is InChI=1S/C11H15NO3/c1-14-10(13)7-6-8-4-3-5-9(12)11(8)15-2/h3-5H,6-7,12H2,1-2H3. The van der Waals surface area contributed by atoms with Crippen LogP contribution in [0.2, 0.25) is 0 Å². The fourth-order valence-corrected chi connectivity index (χ4v) is 1.39. The first-order valence-electron chi connectivity index (χ1n) is 4.67. The molecule has 0 saturated heterocycles. The minimum atomic E-state index is -0.237. The van der Waals surface area contributed by atoms with Crippen LogP contribution in [0.4, 0.5) is 5.69 Å². The number of ether oxygens (including phenoxy) is 2. The number of para-hydroxylation sites is 1. The summed E-state index contributed by atoms with van der Waals surface area (Å²) in [5.74, 6) is 0.404. The van der Waals surface area contributed by atoms with Crippen molar-refractivity contribution in [1.82, 2.24) is 0 Å². The Hall–Kier alpha value is -1.71. The van der Waals surface area contributed by atoms with Gasteiger partial charge in [-0.3, -0.25) is 4.79 Å². The van der Waals surface area contributed by atoms with Crippen molar-refractivity contribution < 1.29 is 14.3 Å². The van der Waals surface area contributed by atoms with Crippen LogP contribution in [-0.4, -0.2) is 20.2 Å². The fourth-order valence-electron chi connectivity index (χ4n) is 1.39. The Morgan fingerprint density at radius 3 is 2.73 bits per heavy atom. The average molecular weight is 209 g/mol. The summed E-state index contributed by atoms with van der Waals surface area (Å²) in [6.45, 7) is 0. The van der Waals surface area contributed by atoms with E-state index < -0.39 is 0 Å². The number of hydrogen-bond donors (Lipinski definition) is 1. The summed E-state index contributed by atoms with van der Waals surface area (Å²) in [7, 11) is 2.94. The van der Waals surface area contributed by atoms with Gasteiger partial charge in [-0.1, -0.05) is 12.1 Å². The molecule has 2 N–H and O–H groups in total. The highest BCUT2D eigenvalue weighted by molar-refractivity contribution is 5.70. The maximum Gasteiger partial charge on any atom is 0.305 e. The monoisotopic (exact) mass is 209 g/mol. The van der Waals surface area contributed by atoms with Crippen molar-refractivity contribution >= 4 is 11.7 Å². The summed E-state index contributed by atoms with van der Waals surface area (Å²) in [5.41, 5.74) is 7.23. The molecule has 4 heteroatoms. The Bertz CT molecular complexity index is 350. The van der Waals surface area contributed by atoms with E-state index in [-0.39, 0.29) is 5.97 Å². The van der Waals surface area contributed by atoms with Gasteiger partial charge in [0.2, 0.25) is 0 Å². The summed E-state index contributed by atoms with van der Waals surface area (Å²) in [6.07, 6.45) is 0.900. The van der Waals surface area contributed by atoms with E-state index in [9.17, 15) is 4.79 Å². The zero-order valence-corrected chi connectivity index (χ0v) is 8.95. The molecule has 0 spiro atoms. The van der Waals surface area contributed by atoms with Gasteiger partial charge in [0.15, 0.2) is 0 Å². The van der Waals surface area contributed by atoms with Crippen molar-refractivity contribution in [2.24, 2.45) is 0 Å². The van der Waals surface area contributed by atoms with Gasteiger partial charge in [-0.15, -0.1) is 0 Å². The Labute approximate surface area is 89.0 Å². The molecular formula is C11H15NO3. The summed E-state index contributed by atoms with van der Waals surface area (Å²) in [5, 5.41) is 0. The first-order chi connectivity index (χ1) is 7.19. The van der Waals surface area contributed by atoms with Crippen LogP contribution in [0.1, 0.15) is 12.0 Å². The van der Waals surface area contributed by atoms with E-state index in [1.54, 1.807) is 13.2 Å². The lowest BCUT2D eigenvalue weighted by atomic mass is 10.1. The number of methoxy groups -OCH3 is 2. The van der Waals surface area contributed by atoms with E-state index in [0.717, 1.165) is 5.56 Å². The highest BCUT2D eigenvalue weighted by Gasteiger charge is 2.08. The highest BCUT2D eigenvalue weighted by atomic mass is 16.5. The van der Waals surface area contributed by atoms with Gasteiger partial charge in [0.25, 0.3) is 0 Å². The molecule has 1 rings (SSSR count). The van der Waals surface area contributed by atoms with Gasteiger partial charge in [0.05, 0.1) is 19.9 Å². The van der Waals surface area contributed by atoms with Crippen LogP contribution < -0.4 is 10.5 Å². The van der Waals surface area contributed by atoms with Crippen LogP contribution in [0.15, 0.2) is 18.2 Å². The number of esters is 1. The van der Waals surface area contributed by atoms with Crippen LogP contribution in [0, 0.1) is 0 Å². The molecule has 0 aliphatic heterocycles. The summed E-state index contributed by atoms with van der Waals surface area (Å²) in [4.78, 5) is 11.0. The van der Waals surface area contributed by atoms with Crippen LogP contribution in [0.25, 0.3) is 0 Å². The molecule has 0 fully saturated rings. The lowest BCUT2D eigenvalue weighted by molar-refractivity contribution is -0.140. The normalized spacial score (nSPS) is 9.73. The predicted molar refractivity (Wildman–Crippen MR) is 57.7 cm³/mol. The summed E-state index contributed by atoms with van der Waals surface area (Å²) in [6, 6.07) is 5.49. The molecule has 4 nitrogen and oxygen atoms in total. The third kappa shape index (κ3) is 2.87. The molecule has 0 aliphatic rings. The van der Waals surface area contributed by atoms with Crippen molar-refractivity contribution in [3.05, 3.63) is 23.8 Å². The molecule has 0 atom stereocenters. The molecule has 82 valence electrons. The van der Waals surface area contributed by atoms with Crippen molar-refractivity contribution in [1.29, 1.82) is 0 Å². The van der Waals surface area contributed by atoms with Crippen LogP contribution in [0.3, 0.4) is 0 Å². The minimum Gasteiger partial charge on any atom is -0.494 e. The molecule has 1 aromatic rings. The van der Waals surface area contributed by atoms with Gasteiger partial charge in [-0.25, -0.2) is 0 Å². The minimum absolute atomic E-state index is 0.237. The summed E-state index contributed by atoms with van der Waals surface area (Å²) >= 11 is 0. The lowest BCUT2D eigenvalue weighted by Crippen LogP contribution is -2.04. The van der Waals surface area contributed by atoms with Gasteiger partial charge in [-0.2, -0.15) is 0 Å². The Kier molecular flexibility index (Phi) is 3.97. The van der Waals surface area contributed by atoms with Crippen LogP contribution in [0.5, 0.6) is 5.75 Å². The summed E-state index contributed by atoms with van der Waals surface area (Å²) < 4.78 is 9.73. The maximum absolute atomic E-state index is 11.0. The third-order valence-electron chi connectivity index (χ3n) is 2.16. The number of benzene rings is 1. The van der Waals surface area contributed by atoms with E-state index in [2.05, 4.69) is 4.74 Å². The predicted octanol–water partition coefficient (Wildman–Crippen LogP) is 1.38. The topological polar surface area (TPSA) is 61.5 Å². The molecule has 0 aromatic heterocycles. The Morgan fingerprint density at radius 2 is 2.13 bits per heavy atom. The van der Waals surface area contributed by atoms with Crippen LogP contribution >= 0.6 is 0 Å². The average Bonchev–Trinajstić information content (AvgIpc) is 2.25. The second-order valence-corrected chi connectivity index (χ2v) is 3.12. The van der Waals surface area contributed by atoms with Crippen molar-refractivity contribution in [3.8, 4) is 5.75 Å². The molecule has 0 radical (unpaired) electrons. The number of nitrogens with two attached hydrogens (primary N) is 1. The quantitative estimate of drug-likeness (QED) is 0.601. The van der Waals surface area contributed by atoms with E-state index in [1.807, 2.05) is 12.1 Å². The highest BCUT2D eigenvalue weighted by Crippen LogP contribution is 2.26. The largest absolute Gasteiger partial charge is 0.494 e. The molecule has 0 amide bonds. The van der Waals surface area contributed by atoms with Crippen molar-refractivity contribution in [2.45, 2.75) is 12.8 Å². The number of aryl methyl sites for hydroxylation is 1. The van der Waals surface area contributed by atoms with Gasteiger partial charge in [0, 0.05) is 6.42 Å². The van der Waals surface area contributed by atoms with Gasteiger partial charge < -0.3 is 15.2 Å². The molecule has 0 unspecified atom stereocenters. The van der Waals surface area contributed by atoms with Gasteiger partial charge in [0.1, 0.15) is 5.75 Å². The van der Waals surface area contributed by atoms with E-state index in [4.69, 9.17) is 10.5 Å². The number of carbonyl (C=O) groups is 1. The molecular weight excluding hydrogens is 194 g/mol. The van der Waals surface area contributed by atoms with Gasteiger partial charge >= 0.3 is 5.97 Å². The molecule has 0 heterocycles. The Balaban J connectivity index is 2.76. The first-order valence-corrected chi connectivity index (χ1v) is 4.67. The maximum atomic E-state index is 11.0.